The topological polar surface area (TPSA) is 49.7 Å². The third kappa shape index (κ3) is 3.47. The summed E-state index contributed by atoms with van der Waals surface area (Å²) in [5.41, 5.74) is 4.56. The molecule has 5 heteroatoms. The molecule has 1 fully saturated rings. The van der Waals surface area contributed by atoms with Crippen molar-refractivity contribution in [3.63, 3.8) is 0 Å². The Morgan fingerprint density at radius 1 is 1.24 bits per heavy atom. The summed E-state index contributed by atoms with van der Waals surface area (Å²) < 4.78 is 2.35. The first-order valence-electron chi connectivity index (χ1n) is 9.19. The molecule has 1 atom stereocenters. The highest BCUT2D eigenvalue weighted by molar-refractivity contribution is 5.79. The molecule has 0 aliphatic carbocycles. The van der Waals surface area contributed by atoms with Crippen molar-refractivity contribution < 1.29 is 0 Å². The van der Waals surface area contributed by atoms with Gasteiger partial charge in [-0.05, 0) is 51.4 Å². The van der Waals surface area contributed by atoms with Gasteiger partial charge in [0.05, 0.1) is 22.9 Å². The molecular formula is C20H29N5. The lowest BCUT2D eigenvalue weighted by Crippen LogP contribution is -2.34. The maximum absolute atomic E-state index is 4.77. The van der Waals surface area contributed by atoms with Crippen molar-refractivity contribution in [1.29, 1.82) is 0 Å². The minimum atomic E-state index is 0.306. The Labute approximate surface area is 150 Å². The van der Waals surface area contributed by atoms with E-state index in [1.54, 1.807) is 0 Å². The van der Waals surface area contributed by atoms with Gasteiger partial charge in [0.25, 0.3) is 0 Å². The van der Waals surface area contributed by atoms with Gasteiger partial charge in [0, 0.05) is 36.6 Å². The van der Waals surface area contributed by atoms with E-state index >= 15 is 0 Å². The van der Waals surface area contributed by atoms with Gasteiger partial charge >= 0.3 is 0 Å². The Morgan fingerprint density at radius 3 is 2.68 bits per heavy atom. The lowest BCUT2D eigenvalue weighted by molar-refractivity contribution is 0.218. The number of nitrogens with one attached hydrogen (secondary N) is 1. The number of aromatic amines is 1. The van der Waals surface area contributed by atoms with E-state index in [9.17, 15) is 0 Å². The summed E-state index contributed by atoms with van der Waals surface area (Å²) in [6, 6.07) is 6.37. The summed E-state index contributed by atoms with van der Waals surface area (Å²) in [5, 5.41) is 6.84. The molecule has 0 aromatic carbocycles. The van der Waals surface area contributed by atoms with Crippen LogP contribution in [0.5, 0.6) is 0 Å². The van der Waals surface area contributed by atoms with Gasteiger partial charge < -0.3 is 9.47 Å². The summed E-state index contributed by atoms with van der Waals surface area (Å²) in [6.45, 7) is 10.9. The second kappa shape index (κ2) is 7.00. The standard InChI is InChI=1S/C18H23N5.C2H6/c1-18(2)8-13(11-22(18)3)12-23-7-6-16-17(23)5-4-15(21-16)14-9-19-20-10-14;1-2/h4-7,9-10,13H,8,11-12H2,1-3H3,(H,19,20);1-2H3. The highest BCUT2D eigenvalue weighted by Gasteiger charge is 2.35. The van der Waals surface area contributed by atoms with Crippen LogP contribution < -0.4 is 0 Å². The Kier molecular flexibility index (Phi) is 4.95. The van der Waals surface area contributed by atoms with Gasteiger partial charge in [-0.15, -0.1) is 0 Å². The summed E-state index contributed by atoms with van der Waals surface area (Å²) in [6.07, 6.45) is 7.09. The first kappa shape index (κ1) is 17.7. The fourth-order valence-corrected chi connectivity index (χ4v) is 3.75. The van der Waals surface area contributed by atoms with Crippen LogP contribution in [0, 0.1) is 5.92 Å². The molecule has 3 aromatic heterocycles. The van der Waals surface area contributed by atoms with Gasteiger partial charge in [0.15, 0.2) is 0 Å². The molecular weight excluding hydrogens is 310 g/mol. The first-order valence-corrected chi connectivity index (χ1v) is 9.19. The summed E-state index contributed by atoms with van der Waals surface area (Å²) in [5.74, 6) is 0.694. The van der Waals surface area contributed by atoms with E-state index < -0.39 is 0 Å². The molecule has 0 bridgehead atoms. The van der Waals surface area contributed by atoms with Crippen LogP contribution in [-0.2, 0) is 6.54 Å². The highest BCUT2D eigenvalue weighted by atomic mass is 15.2. The SMILES string of the molecule is CC.CN1CC(Cn2ccc3nc(-c4cn[nH]c4)ccc32)CC1(C)C. The molecule has 4 heterocycles. The fourth-order valence-electron chi connectivity index (χ4n) is 3.75. The number of fused-ring (bicyclic) bond motifs is 1. The van der Waals surface area contributed by atoms with Crippen molar-refractivity contribution in [1.82, 2.24) is 24.6 Å². The minimum Gasteiger partial charge on any atom is -0.346 e. The van der Waals surface area contributed by atoms with Crippen LogP contribution >= 0.6 is 0 Å². The quantitative estimate of drug-likeness (QED) is 0.778. The van der Waals surface area contributed by atoms with Crippen molar-refractivity contribution in [3.05, 3.63) is 36.8 Å². The van der Waals surface area contributed by atoms with Gasteiger partial charge in [-0.25, -0.2) is 4.98 Å². The van der Waals surface area contributed by atoms with Gasteiger partial charge in [0.2, 0.25) is 0 Å². The molecule has 1 aliphatic rings. The Balaban J connectivity index is 0.000000880. The number of nitrogens with zero attached hydrogens (tertiary/aromatic N) is 4. The van der Waals surface area contributed by atoms with Crippen LogP contribution in [0.15, 0.2) is 36.8 Å². The molecule has 4 rings (SSSR count). The van der Waals surface area contributed by atoms with Crippen LogP contribution in [-0.4, -0.2) is 43.8 Å². The molecule has 0 saturated carbocycles. The summed E-state index contributed by atoms with van der Waals surface area (Å²) in [4.78, 5) is 7.24. The molecule has 1 saturated heterocycles. The second-order valence-electron chi connectivity index (χ2n) is 7.32. The molecule has 5 nitrogen and oxygen atoms in total. The van der Waals surface area contributed by atoms with Crippen LogP contribution in [0.2, 0.25) is 0 Å². The van der Waals surface area contributed by atoms with Crippen molar-refractivity contribution in [3.8, 4) is 11.3 Å². The van der Waals surface area contributed by atoms with E-state index in [-0.39, 0.29) is 0 Å². The van der Waals surface area contributed by atoms with Gasteiger partial charge in [-0.3, -0.25) is 5.10 Å². The summed E-state index contributed by atoms with van der Waals surface area (Å²) >= 11 is 0. The monoisotopic (exact) mass is 339 g/mol. The zero-order chi connectivity index (χ0) is 18.0. The van der Waals surface area contributed by atoms with Gasteiger partial charge in [-0.1, -0.05) is 13.8 Å². The average molecular weight is 339 g/mol. The molecule has 3 aromatic rings. The van der Waals surface area contributed by atoms with Crippen molar-refractivity contribution >= 4 is 11.0 Å². The zero-order valence-electron chi connectivity index (χ0n) is 16.0. The van der Waals surface area contributed by atoms with E-state index in [4.69, 9.17) is 4.98 Å². The van der Waals surface area contributed by atoms with Crippen LogP contribution in [0.25, 0.3) is 22.3 Å². The average Bonchev–Trinajstić information content (AvgIpc) is 3.30. The van der Waals surface area contributed by atoms with Crippen LogP contribution in [0.4, 0.5) is 0 Å². The molecule has 0 spiro atoms. The number of H-pyrrole nitrogens is 1. The van der Waals surface area contributed by atoms with E-state index in [0.717, 1.165) is 29.9 Å². The van der Waals surface area contributed by atoms with Gasteiger partial charge in [-0.2, -0.15) is 5.10 Å². The molecule has 1 unspecified atom stereocenters. The van der Waals surface area contributed by atoms with Crippen molar-refractivity contribution in [2.45, 2.75) is 46.2 Å². The van der Waals surface area contributed by atoms with E-state index in [1.807, 2.05) is 26.2 Å². The Bertz CT molecular complexity index is 816. The zero-order valence-corrected chi connectivity index (χ0v) is 16.0. The lowest BCUT2D eigenvalue weighted by Gasteiger charge is -2.26. The minimum absolute atomic E-state index is 0.306. The molecule has 1 N–H and O–H groups in total. The molecule has 1 aliphatic heterocycles. The number of rotatable bonds is 3. The lowest BCUT2D eigenvalue weighted by atomic mass is 9.96. The third-order valence-electron chi connectivity index (χ3n) is 5.23. The van der Waals surface area contributed by atoms with Gasteiger partial charge in [0.1, 0.15) is 0 Å². The maximum Gasteiger partial charge on any atom is 0.0888 e. The fraction of sp³-hybridized carbons (Fsp3) is 0.500. The predicted molar refractivity (Wildman–Crippen MR) is 103 cm³/mol. The Hall–Kier alpha value is -2.14. The van der Waals surface area contributed by atoms with Crippen LogP contribution in [0.1, 0.15) is 34.1 Å². The normalized spacial score (nSPS) is 19.8. The van der Waals surface area contributed by atoms with Crippen molar-refractivity contribution in [2.75, 3.05) is 13.6 Å². The smallest absolute Gasteiger partial charge is 0.0888 e. The Morgan fingerprint density at radius 2 is 2.04 bits per heavy atom. The molecule has 25 heavy (non-hydrogen) atoms. The number of likely N-dealkylation sites (tertiary alicyclic amines) is 1. The third-order valence-corrected chi connectivity index (χ3v) is 5.23. The highest BCUT2D eigenvalue weighted by Crippen LogP contribution is 2.32. The van der Waals surface area contributed by atoms with Crippen molar-refractivity contribution in [2.24, 2.45) is 5.92 Å². The predicted octanol–water partition coefficient (Wildman–Crippen LogP) is 4.18. The summed E-state index contributed by atoms with van der Waals surface area (Å²) in [7, 11) is 2.23. The van der Waals surface area contributed by atoms with Crippen LogP contribution in [0.3, 0.4) is 0 Å². The second-order valence-corrected chi connectivity index (χ2v) is 7.32. The molecule has 134 valence electrons. The van der Waals surface area contributed by atoms with E-state index in [2.05, 4.69) is 65.0 Å². The first-order chi connectivity index (χ1) is 12.0. The number of aromatic nitrogens is 4. The molecule has 0 amide bonds. The molecule has 0 radical (unpaired) electrons. The number of hydrogen-bond donors (Lipinski definition) is 1. The maximum atomic E-state index is 4.77. The number of hydrogen-bond acceptors (Lipinski definition) is 3. The number of pyridine rings is 1. The largest absolute Gasteiger partial charge is 0.346 e. The van der Waals surface area contributed by atoms with E-state index in [1.165, 1.54) is 11.9 Å². The van der Waals surface area contributed by atoms with E-state index in [0.29, 0.717) is 11.5 Å².